The summed E-state index contributed by atoms with van der Waals surface area (Å²) in [5, 5.41) is 0. The van der Waals surface area contributed by atoms with E-state index in [4.69, 9.17) is 0 Å². The lowest BCUT2D eigenvalue weighted by atomic mass is 9.85. The zero-order valence-corrected chi connectivity index (χ0v) is 40.3. The summed E-state index contributed by atoms with van der Waals surface area (Å²) in [5.41, 5.74) is 23.5. The lowest BCUT2D eigenvalue weighted by Gasteiger charge is -2.26. The Kier molecular flexibility index (Phi) is 13.3. The third-order valence-corrected chi connectivity index (χ3v) is 13.4. The van der Waals surface area contributed by atoms with Crippen molar-refractivity contribution in [1.82, 2.24) is 0 Å². The maximum Gasteiger partial charge on any atom is 0.0462 e. The normalized spacial score (nSPS) is 10.8. The van der Waals surface area contributed by atoms with Gasteiger partial charge in [0.1, 0.15) is 0 Å². The molecule has 1 heteroatoms. The highest BCUT2D eigenvalue weighted by molar-refractivity contribution is 6.06. The zero-order chi connectivity index (χ0) is 48.5. The number of anilines is 3. The molecule has 0 bridgehead atoms. The van der Waals surface area contributed by atoms with Crippen LogP contribution in [0.5, 0.6) is 0 Å². The molecule has 0 unspecified atom stereocenters. The summed E-state index contributed by atoms with van der Waals surface area (Å²) in [5.74, 6) is 0. The third kappa shape index (κ3) is 9.78. The minimum atomic E-state index is 1.09. The molecule has 0 radical (unpaired) electrons. The number of hydrogen-bond donors (Lipinski definition) is 0. The van der Waals surface area contributed by atoms with Crippen molar-refractivity contribution in [3.05, 3.63) is 353 Å². The lowest BCUT2D eigenvalue weighted by molar-refractivity contribution is 1.27. The third-order valence-electron chi connectivity index (χ3n) is 13.4. The first kappa shape index (κ1) is 45.2. The molecule has 0 fully saturated rings. The molecule has 0 aliphatic carbocycles. The highest BCUT2D eigenvalue weighted by Gasteiger charge is 2.19. The second kappa shape index (κ2) is 21.1. The quantitative estimate of drug-likeness (QED) is 0.104. The maximum atomic E-state index is 2.34. The van der Waals surface area contributed by atoms with Gasteiger partial charge >= 0.3 is 0 Å². The average molecular weight is 920 g/mol. The SMILES string of the molecule is Cc1ccc(N(c2ccc(-c3ccc(C(=C(c4ccccc4)c4ccccc4)c4ccccc4)cc3)cc2)c2ccc(-c3ccc(C(=C(c4ccccc4)c4ccccc4)c4ccccc4)cc3)cc2)cc1. The second-order valence-corrected chi connectivity index (χ2v) is 18.1. The Hall–Kier alpha value is -9.30. The van der Waals surface area contributed by atoms with Crippen LogP contribution < -0.4 is 4.90 Å². The molecule has 0 aliphatic rings. The Morgan fingerprint density at radius 3 is 0.597 bits per heavy atom. The molecule has 0 heterocycles. The minimum Gasteiger partial charge on any atom is -0.311 e. The summed E-state index contributed by atoms with van der Waals surface area (Å²) >= 11 is 0. The molecular formula is C71H53N. The summed E-state index contributed by atoms with van der Waals surface area (Å²) in [6.45, 7) is 2.14. The van der Waals surface area contributed by atoms with Crippen molar-refractivity contribution >= 4 is 39.4 Å². The number of benzene rings is 11. The van der Waals surface area contributed by atoms with Crippen LogP contribution in [0.2, 0.25) is 0 Å². The summed E-state index contributed by atoms with van der Waals surface area (Å²) in [6.07, 6.45) is 0. The fourth-order valence-corrected chi connectivity index (χ4v) is 9.86. The first-order valence-corrected chi connectivity index (χ1v) is 24.7. The van der Waals surface area contributed by atoms with Crippen molar-refractivity contribution < 1.29 is 0 Å². The van der Waals surface area contributed by atoms with E-state index < -0.39 is 0 Å². The van der Waals surface area contributed by atoms with Crippen LogP contribution in [0.3, 0.4) is 0 Å². The van der Waals surface area contributed by atoms with Gasteiger partial charge in [-0.25, -0.2) is 0 Å². The molecule has 0 aliphatic heterocycles. The van der Waals surface area contributed by atoms with Crippen LogP contribution in [-0.4, -0.2) is 0 Å². The van der Waals surface area contributed by atoms with E-state index >= 15 is 0 Å². The molecule has 72 heavy (non-hydrogen) atoms. The van der Waals surface area contributed by atoms with E-state index in [1.165, 1.54) is 83.5 Å². The Morgan fingerprint density at radius 2 is 0.375 bits per heavy atom. The van der Waals surface area contributed by atoms with Gasteiger partial charge in [0, 0.05) is 17.1 Å². The largest absolute Gasteiger partial charge is 0.311 e. The smallest absolute Gasteiger partial charge is 0.0462 e. The van der Waals surface area contributed by atoms with Crippen LogP contribution in [0, 0.1) is 6.92 Å². The summed E-state index contributed by atoms with van der Waals surface area (Å²) < 4.78 is 0. The van der Waals surface area contributed by atoms with Crippen LogP contribution in [0.1, 0.15) is 50.1 Å². The second-order valence-electron chi connectivity index (χ2n) is 18.1. The van der Waals surface area contributed by atoms with Crippen LogP contribution in [-0.2, 0) is 0 Å². The molecule has 0 atom stereocenters. The van der Waals surface area contributed by atoms with Gasteiger partial charge < -0.3 is 4.90 Å². The van der Waals surface area contributed by atoms with E-state index in [2.05, 4.69) is 315 Å². The number of aryl methyl sites for hydroxylation is 1. The lowest BCUT2D eigenvalue weighted by Crippen LogP contribution is -2.09. The first-order chi connectivity index (χ1) is 35.6. The Balaban J connectivity index is 0.907. The molecule has 0 aromatic heterocycles. The van der Waals surface area contributed by atoms with Crippen molar-refractivity contribution in [2.75, 3.05) is 4.90 Å². The van der Waals surface area contributed by atoms with Gasteiger partial charge in [-0.2, -0.15) is 0 Å². The van der Waals surface area contributed by atoms with Gasteiger partial charge in [0.2, 0.25) is 0 Å². The fraction of sp³-hybridized carbons (Fsp3) is 0.0141. The molecule has 11 rings (SSSR count). The van der Waals surface area contributed by atoms with Crippen LogP contribution >= 0.6 is 0 Å². The molecule has 11 aromatic rings. The predicted molar refractivity (Wildman–Crippen MR) is 305 cm³/mol. The van der Waals surface area contributed by atoms with E-state index in [1.807, 2.05) is 0 Å². The van der Waals surface area contributed by atoms with Gasteiger partial charge in [-0.05, 0) is 132 Å². The molecule has 0 amide bonds. The van der Waals surface area contributed by atoms with Crippen LogP contribution in [0.15, 0.2) is 303 Å². The van der Waals surface area contributed by atoms with Crippen molar-refractivity contribution in [3.8, 4) is 22.3 Å². The first-order valence-electron chi connectivity index (χ1n) is 24.7. The number of rotatable bonds is 13. The van der Waals surface area contributed by atoms with E-state index in [0.29, 0.717) is 0 Å². The van der Waals surface area contributed by atoms with E-state index in [9.17, 15) is 0 Å². The van der Waals surface area contributed by atoms with Gasteiger partial charge in [-0.1, -0.05) is 272 Å². The Bertz CT molecular complexity index is 3260. The zero-order valence-electron chi connectivity index (χ0n) is 40.3. The highest BCUT2D eigenvalue weighted by Crippen LogP contribution is 2.41. The van der Waals surface area contributed by atoms with E-state index in [-0.39, 0.29) is 0 Å². The summed E-state index contributed by atoms with van der Waals surface area (Å²) in [7, 11) is 0. The standard InChI is InChI=1S/C71H53N/c1-52-32-46-65(47-33-52)72(66-48-42-55(43-49-66)53-34-38-63(39-35-53)70(61-28-16-6-17-29-61)68(57-20-8-2-9-21-57)58-22-10-3-11-23-58)67-50-44-56(45-51-67)54-36-40-64(41-37-54)71(62-30-18-7-19-31-62)69(59-24-12-4-13-25-59)60-26-14-5-15-27-60/h2-51H,1H3. The number of nitrogens with zero attached hydrogens (tertiary/aromatic N) is 1. The van der Waals surface area contributed by atoms with Crippen molar-refractivity contribution in [3.63, 3.8) is 0 Å². The minimum absolute atomic E-state index is 1.09. The average Bonchev–Trinajstić information content (AvgIpc) is 3.46. The molecule has 1 nitrogen and oxygen atoms in total. The molecule has 0 saturated carbocycles. The molecule has 0 spiro atoms. The Morgan fingerprint density at radius 1 is 0.194 bits per heavy atom. The molecular weight excluding hydrogens is 867 g/mol. The topological polar surface area (TPSA) is 3.24 Å². The fourth-order valence-electron chi connectivity index (χ4n) is 9.86. The monoisotopic (exact) mass is 919 g/mol. The summed E-state index contributed by atoms with van der Waals surface area (Å²) in [6, 6.07) is 109. The molecule has 11 aromatic carbocycles. The predicted octanol–water partition coefficient (Wildman–Crippen LogP) is 18.8. The summed E-state index contributed by atoms with van der Waals surface area (Å²) in [4.78, 5) is 2.34. The van der Waals surface area contributed by atoms with Crippen molar-refractivity contribution in [2.45, 2.75) is 6.92 Å². The van der Waals surface area contributed by atoms with Gasteiger partial charge in [-0.3, -0.25) is 0 Å². The van der Waals surface area contributed by atoms with Crippen molar-refractivity contribution in [2.24, 2.45) is 0 Å². The van der Waals surface area contributed by atoms with Crippen molar-refractivity contribution in [1.29, 1.82) is 0 Å². The van der Waals surface area contributed by atoms with Gasteiger partial charge in [-0.15, -0.1) is 0 Å². The number of hydrogen-bond acceptors (Lipinski definition) is 1. The van der Waals surface area contributed by atoms with Gasteiger partial charge in [0.25, 0.3) is 0 Å². The van der Waals surface area contributed by atoms with Gasteiger partial charge in [0.15, 0.2) is 0 Å². The van der Waals surface area contributed by atoms with E-state index in [0.717, 1.165) is 28.2 Å². The molecule has 0 N–H and O–H groups in total. The Labute approximate surface area is 424 Å². The maximum absolute atomic E-state index is 2.34. The van der Waals surface area contributed by atoms with Crippen LogP contribution in [0.4, 0.5) is 17.1 Å². The molecule has 342 valence electrons. The van der Waals surface area contributed by atoms with E-state index in [1.54, 1.807) is 0 Å². The van der Waals surface area contributed by atoms with Gasteiger partial charge in [0.05, 0.1) is 0 Å². The molecule has 0 saturated heterocycles. The van der Waals surface area contributed by atoms with Crippen LogP contribution in [0.25, 0.3) is 44.5 Å². The highest BCUT2D eigenvalue weighted by atomic mass is 15.1.